The van der Waals surface area contributed by atoms with E-state index < -0.39 is 16.0 Å². The molecule has 4 rings (SSSR count). The van der Waals surface area contributed by atoms with E-state index in [-0.39, 0.29) is 15.8 Å². The highest BCUT2D eigenvalue weighted by molar-refractivity contribution is 7.89. The van der Waals surface area contributed by atoms with Crippen molar-refractivity contribution in [2.24, 2.45) is 23.7 Å². The third-order valence-corrected chi connectivity index (χ3v) is 7.67. The molecule has 0 saturated heterocycles. The molecule has 4 unspecified atom stereocenters. The van der Waals surface area contributed by atoms with Gasteiger partial charge in [0.25, 0.3) is 0 Å². The van der Waals surface area contributed by atoms with Crippen LogP contribution in [0, 0.1) is 23.7 Å². The number of rotatable bonds is 4. The van der Waals surface area contributed by atoms with E-state index in [1.165, 1.54) is 30.7 Å². The Balaban J connectivity index is 1.57. The van der Waals surface area contributed by atoms with Gasteiger partial charge in [-0.1, -0.05) is 0 Å². The first-order chi connectivity index (χ1) is 9.49. The lowest BCUT2D eigenvalue weighted by Crippen LogP contribution is -2.30. The monoisotopic (exact) mass is 313 g/mol. The fourth-order valence-corrected chi connectivity index (χ4v) is 6.95. The molecule has 0 amide bonds. The standard InChI is InChI=1S/C13H15NO4S2/c15-13(16)12-8(3-4-19-12)20(17,18)14-11-9-6-1-2-7(5-6)10(9)11/h3-4,6-7,9-11,14H,1-2,5H2,(H,15,16). The normalized spacial score (nSPS) is 37.9. The number of aromatic carboxylic acids is 1. The smallest absolute Gasteiger partial charge is 0.347 e. The average Bonchev–Trinajstić information content (AvgIpc) is 2.87. The van der Waals surface area contributed by atoms with Gasteiger partial charge in [0, 0.05) is 6.04 Å². The van der Waals surface area contributed by atoms with E-state index in [9.17, 15) is 13.2 Å². The molecule has 108 valence electrons. The minimum atomic E-state index is -3.71. The van der Waals surface area contributed by atoms with Gasteiger partial charge in [-0.25, -0.2) is 17.9 Å². The maximum absolute atomic E-state index is 12.4. The topological polar surface area (TPSA) is 83.5 Å². The zero-order valence-corrected chi connectivity index (χ0v) is 12.3. The van der Waals surface area contributed by atoms with Crippen LogP contribution in [-0.4, -0.2) is 25.5 Å². The first-order valence-electron chi connectivity index (χ1n) is 6.82. The predicted molar refractivity (Wildman–Crippen MR) is 73.2 cm³/mol. The van der Waals surface area contributed by atoms with Crippen molar-refractivity contribution in [2.45, 2.75) is 30.2 Å². The zero-order valence-electron chi connectivity index (χ0n) is 10.7. The number of nitrogens with one attached hydrogen (secondary N) is 1. The van der Waals surface area contributed by atoms with Crippen LogP contribution in [-0.2, 0) is 10.0 Å². The molecule has 3 aliphatic rings. The van der Waals surface area contributed by atoms with Crippen LogP contribution in [0.15, 0.2) is 16.3 Å². The molecule has 0 aromatic carbocycles. The Morgan fingerprint density at radius 3 is 2.55 bits per heavy atom. The molecule has 4 atom stereocenters. The van der Waals surface area contributed by atoms with Gasteiger partial charge in [0.05, 0.1) is 0 Å². The second-order valence-electron chi connectivity index (χ2n) is 6.05. The van der Waals surface area contributed by atoms with Gasteiger partial charge in [-0.05, 0) is 54.4 Å². The molecule has 3 fully saturated rings. The van der Waals surface area contributed by atoms with Crippen molar-refractivity contribution in [1.29, 1.82) is 0 Å². The number of hydrogen-bond donors (Lipinski definition) is 2. The molecule has 1 heterocycles. The Labute approximate surface area is 121 Å². The summed E-state index contributed by atoms with van der Waals surface area (Å²) in [5.74, 6) is 1.17. The van der Waals surface area contributed by atoms with Crippen LogP contribution in [0.2, 0.25) is 0 Å². The Hall–Kier alpha value is -0.920. The zero-order chi connectivity index (χ0) is 14.1. The summed E-state index contributed by atoms with van der Waals surface area (Å²) in [6.07, 6.45) is 3.71. The van der Waals surface area contributed by atoms with Gasteiger partial charge in [-0.3, -0.25) is 0 Å². The minimum absolute atomic E-state index is 0.0350. The van der Waals surface area contributed by atoms with Crippen LogP contribution in [0.5, 0.6) is 0 Å². The molecule has 2 N–H and O–H groups in total. The SMILES string of the molecule is O=C(O)c1sccc1S(=O)(=O)NC1C2C3CCC(C3)C12. The molecule has 0 spiro atoms. The van der Waals surface area contributed by atoms with Gasteiger partial charge in [0.15, 0.2) is 0 Å². The average molecular weight is 313 g/mol. The molecule has 0 radical (unpaired) electrons. The Morgan fingerprint density at radius 1 is 1.30 bits per heavy atom. The second kappa shape index (κ2) is 4.05. The summed E-state index contributed by atoms with van der Waals surface area (Å²) < 4.78 is 27.5. The Kier molecular flexibility index (Phi) is 2.59. The molecule has 1 aromatic rings. The van der Waals surface area contributed by atoms with Crippen LogP contribution in [0.25, 0.3) is 0 Å². The van der Waals surface area contributed by atoms with Crippen LogP contribution in [0.3, 0.4) is 0 Å². The van der Waals surface area contributed by atoms with Gasteiger partial charge >= 0.3 is 5.97 Å². The lowest BCUT2D eigenvalue weighted by Gasteiger charge is -2.11. The van der Waals surface area contributed by atoms with Crippen molar-refractivity contribution in [3.63, 3.8) is 0 Å². The van der Waals surface area contributed by atoms with Gasteiger partial charge in [-0.15, -0.1) is 11.3 Å². The highest BCUT2D eigenvalue weighted by Gasteiger charge is 2.65. The summed E-state index contributed by atoms with van der Waals surface area (Å²) in [5, 5.41) is 10.6. The van der Waals surface area contributed by atoms with Crippen molar-refractivity contribution >= 4 is 27.3 Å². The molecule has 20 heavy (non-hydrogen) atoms. The third-order valence-electron chi connectivity index (χ3n) is 5.14. The molecule has 2 bridgehead atoms. The number of hydrogen-bond acceptors (Lipinski definition) is 4. The summed E-state index contributed by atoms with van der Waals surface area (Å²) in [6.45, 7) is 0. The molecule has 5 nitrogen and oxygen atoms in total. The molecule has 1 aromatic heterocycles. The van der Waals surface area contributed by atoms with Crippen LogP contribution < -0.4 is 4.72 Å². The maximum atomic E-state index is 12.4. The van der Waals surface area contributed by atoms with Gasteiger partial charge in [0.1, 0.15) is 9.77 Å². The van der Waals surface area contributed by atoms with Gasteiger partial charge in [-0.2, -0.15) is 0 Å². The summed E-state index contributed by atoms with van der Waals surface area (Å²) in [6, 6.07) is 1.41. The van der Waals surface area contributed by atoms with E-state index >= 15 is 0 Å². The number of carbonyl (C=O) groups is 1. The Bertz CT molecular complexity index is 664. The van der Waals surface area contributed by atoms with E-state index in [1.54, 1.807) is 0 Å². The number of carboxylic acid groups (broad SMARTS) is 1. The summed E-state index contributed by atoms with van der Waals surface area (Å²) >= 11 is 0.948. The molecular formula is C13H15NO4S2. The lowest BCUT2D eigenvalue weighted by molar-refractivity contribution is 0.0698. The summed E-state index contributed by atoms with van der Waals surface area (Å²) in [5.41, 5.74) is 0. The van der Waals surface area contributed by atoms with Crippen LogP contribution in [0.1, 0.15) is 28.9 Å². The van der Waals surface area contributed by atoms with E-state index in [2.05, 4.69) is 4.72 Å². The van der Waals surface area contributed by atoms with Gasteiger partial charge in [0.2, 0.25) is 10.0 Å². The molecule has 0 aliphatic heterocycles. The van der Waals surface area contributed by atoms with Crippen molar-refractivity contribution in [3.8, 4) is 0 Å². The lowest BCUT2D eigenvalue weighted by atomic mass is 10.0. The summed E-state index contributed by atoms with van der Waals surface area (Å²) in [4.78, 5) is 10.9. The number of carboxylic acids is 1. The van der Waals surface area contributed by atoms with Crippen molar-refractivity contribution in [3.05, 3.63) is 16.3 Å². The first kappa shape index (κ1) is 12.8. The molecule has 3 aliphatic carbocycles. The second-order valence-corrected chi connectivity index (χ2v) is 8.65. The first-order valence-corrected chi connectivity index (χ1v) is 9.18. The fourth-order valence-electron chi connectivity index (χ4n) is 4.39. The number of sulfonamides is 1. The Morgan fingerprint density at radius 2 is 1.95 bits per heavy atom. The quantitative estimate of drug-likeness (QED) is 0.887. The van der Waals surface area contributed by atoms with E-state index in [4.69, 9.17) is 5.11 Å². The number of fused-ring (bicyclic) bond motifs is 5. The molecular weight excluding hydrogens is 298 g/mol. The number of thiophene rings is 1. The van der Waals surface area contributed by atoms with E-state index in [1.807, 2.05) is 0 Å². The van der Waals surface area contributed by atoms with E-state index in [0.717, 1.165) is 11.3 Å². The van der Waals surface area contributed by atoms with Crippen LogP contribution >= 0.6 is 11.3 Å². The van der Waals surface area contributed by atoms with E-state index in [0.29, 0.717) is 23.7 Å². The third kappa shape index (κ3) is 1.69. The minimum Gasteiger partial charge on any atom is -0.477 e. The highest BCUT2D eigenvalue weighted by atomic mass is 32.2. The summed E-state index contributed by atoms with van der Waals surface area (Å²) in [7, 11) is -3.71. The van der Waals surface area contributed by atoms with Crippen molar-refractivity contribution < 1.29 is 18.3 Å². The predicted octanol–water partition coefficient (Wildman–Crippen LogP) is 1.77. The fraction of sp³-hybridized carbons (Fsp3) is 0.615. The molecule has 7 heteroatoms. The van der Waals surface area contributed by atoms with Crippen molar-refractivity contribution in [2.75, 3.05) is 0 Å². The van der Waals surface area contributed by atoms with Gasteiger partial charge < -0.3 is 5.11 Å². The van der Waals surface area contributed by atoms with Crippen LogP contribution in [0.4, 0.5) is 0 Å². The maximum Gasteiger partial charge on any atom is 0.347 e. The molecule has 3 saturated carbocycles. The van der Waals surface area contributed by atoms with Crippen molar-refractivity contribution in [1.82, 2.24) is 4.72 Å². The highest BCUT2D eigenvalue weighted by Crippen LogP contribution is 2.65. The largest absolute Gasteiger partial charge is 0.477 e.